The summed E-state index contributed by atoms with van der Waals surface area (Å²) >= 11 is 0. The van der Waals surface area contributed by atoms with E-state index < -0.39 is 5.97 Å². The molecule has 4 nitrogen and oxygen atoms in total. The quantitative estimate of drug-likeness (QED) is 0.933. The molecule has 5 rings (SSSR count). The Morgan fingerprint density at radius 2 is 1.57 bits per heavy atom. The van der Waals surface area contributed by atoms with Crippen molar-refractivity contribution in [3.8, 4) is 0 Å². The monoisotopic (exact) mass is 313 g/mol. The highest BCUT2D eigenvalue weighted by atomic mass is 16.4. The van der Waals surface area contributed by atoms with Crippen LogP contribution in [0.1, 0.15) is 48.0 Å². The van der Waals surface area contributed by atoms with Crippen LogP contribution in [-0.2, 0) is 11.2 Å². The van der Waals surface area contributed by atoms with E-state index in [-0.39, 0.29) is 11.5 Å². The van der Waals surface area contributed by atoms with Crippen LogP contribution in [0.15, 0.2) is 24.3 Å². The van der Waals surface area contributed by atoms with Crippen molar-refractivity contribution >= 4 is 11.9 Å². The average molecular weight is 313 g/mol. The predicted octanol–water partition coefficient (Wildman–Crippen LogP) is 2.96. The maximum absolute atomic E-state index is 12.8. The average Bonchev–Trinajstić information content (AvgIpc) is 2.71. The van der Waals surface area contributed by atoms with Gasteiger partial charge in [0.25, 0.3) is 0 Å². The molecule has 1 N–H and O–H groups in total. The van der Waals surface area contributed by atoms with Crippen LogP contribution in [0.2, 0.25) is 0 Å². The van der Waals surface area contributed by atoms with Gasteiger partial charge in [0.15, 0.2) is 0 Å². The normalized spacial score (nSPS) is 31.9. The maximum atomic E-state index is 12.8. The molecule has 0 aromatic heterocycles. The Balaban J connectivity index is 1.47. The number of amides is 1. The van der Waals surface area contributed by atoms with Crippen molar-refractivity contribution in [3.05, 3.63) is 35.4 Å². The van der Waals surface area contributed by atoms with E-state index in [4.69, 9.17) is 5.11 Å². The fourth-order valence-corrected chi connectivity index (χ4v) is 5.13. The van der Waals surface area contributed by atoms with E-state index in [0.717, 1.165) is 23.9 Å². The summed E-state index contributed by atoms with van der Waals surface area (Å²) < 4.78 is 0. The zero-order valence-electron chi connectivity index (χ0n) is 13.3. The summed E-state index contributed by atoms with van der Waals surface area (Å²) in [5.41, 5.74) is 1.18. The first-order chi connectivity index (χ1) is 11.1. The molecule has 4 fully saturated rings. The minimum atomic E-state index is -0.927. The van der Waals surface area contributed by atoms with E-state index >= 15 is 0 Å². The van der Waals surface area contributed by atoms with Crippen molar-refractivity contribution in [3.63, 3.8) is 0 Å². The van der Waals surface area contributed by atoms with Crippen LogP contribution < -0.4 is 0 Å². The van der Waals surface area contributed by atoms with Crippen LogP contribution in [0.4, 0.5) is 0 Å². The Hall–Kier alpha value is -1.84. The van der Waals surface area contributed by atoms with Crippen molar-refractivity contribution in [2.45, 2.75) is 44.6 Å². The molecule has 4 aliphatic rings. The topological polar surface area (TPSA) is 57.6 Å². The van der Waals surface area contributed by atoms with E-state index in [1.807, 2.05) is 0 Å². The minimum absolute atomic E-state index is 0.214. The summed E-state index contributed by atoms with van der Waals surface area (Å²) in [6, 6.07) is 7.14. The molecule has 2 unspecified atom stereocenters. The maximum Gasteiger partial charge on any atom is 0.335 e. The van der Waals surface area contributed by atoms with Crippen LogP contribution >= 0.6 is 0 Å². The van der Waals surface area contributed by atoms with E-state index in [1.54, 1.807) is 24.3 Å². The molecule has 4 heteroatoms. The zero-order valence-corrected chi connectivity index (χ0v) is 13.3. The number of carboxylic acids is 1. The van der Waals surface area contributed by atoms with Gasteiger partial charge >= 0.3 is 5.97 Å². The standard InChI is InChI=1S/C19H23NO3/c21-18(10-12-1-3-16(4-2-12)19(22)23)20-11-15-6-13-5-14(7-15)9-17(20)8-13/h1-4,13-15,17H,5-11H2,(H,22,23). The summed E-state index contributed by atoms with van der Waals surface area (Å²) in [4.78, 5) is 25.9. The summed E-state index contributed by atoms with van der Waals surface area (Å²) in [5.74, 6) is 1.66. The first-order valence-electron chi connectivity index (χ1n) is 8.70. The molecular weight excluding hydrogens is 290 g/mol. The molecule has 0 radical (unpaired) electrons. The molecule has 23 heavy (non-hydrogen) atoms. The second-order valence-corrected chi connectivity index (χ2v) is 7.66. The molecular formula is C19H23NO3. The molecule has 2 heterocycles. The summed E-state index contributed by atoms with van der Waals surface area (Å²) in [5, 5.41) is 8.95. The Morgan fingerprint density at radius 1 is 0.957 bits per heavy atom. The van der Waals surface area contributed by atoms with E-state index in [2.05, 4.69) is 4.90 Å². The molecule has 2 aliphatic carbocycles. The second-order valence-electron chi connectivity index (χ2n) is 7.66. The SMILES string of the molecule is O=C(O)c1ccc(CC(=O)N2CC3CC4CC(C3)CC2C4)cc1. The van der Waals surface area contributed by atoms with Crippen LogP contribution in [0.25, 0.3) is 0 Å². The fraction of sp³-hybridized carbons (Fsp3) is 0.579. The van der Waals surface area contributed by atoms with Crippen LogP contribution in [-0.4, -0.2) is 34.5 Å². The van der Waals surface area contributed by atoms with Gasteiger partial charge in [0.1, 0.15) is 0 Å². The Kier molecular flexibility index (Phi) is 3.63. The third-order valence-corrected chi connectivity index (χ3v) is 5.98. The highest BCUT2D eigenvalue weighted by Crippen LogP contribution is 2.47. The molecule has 2 saturated carbocycles. The number of nitrogens with zero attached hydrogens (tertiary/aromatic N) is 1. The first kappa shape index (κ1) is 14.7. The summed E-state index contributed by atoms with van der Waals surface area (Å²) in [6.45, 7) is 0.934. The number of carbonyl (C=O) groups excluding carboxylic acids is 1. The molecule has 122 valence electrons. The smallest absolute Gasteiger partial charge is 0.335 e. The first-order valence-corrected chi connectivity index (χ1v) is 8.70. The highest BCUT2D eigenvalue weighted by Gasteiger charge is 2.43. The molecule has 4 bridgehead atoms. The number of rotatable bonds is 3. The number of aromatic carboxylic acids is 1. The molecule has 0 spiro atoms. The van der Waals surface area contributed by atoms with E-state index in [9.17, 15) is 9.59 Å². The minimum Gasteiger partial charge on any atom is -0.478 e. The molecule has 1 aromatic carbocycles. The molecule has 1 amide bonds. The Labute approximate surface area is 136 Å². The van der Waals surface area contributed by atoms with E-state index in [0.29, 0.717) is 18.4 Å². The van der Waals surface area contributed by atoms with Crippen molar-refractivity contribution in [1.29, 1.82) is 0 Å². The van der Waals surface area contributed by atoms with Gasteiger partial charge in [0.2, 0.25) is 5.91 Å². The third kappa shape index (κ3) is 2.87. The lowest BCUT2D eigenvalue weighted by Gasteiger charge is -2.39. The van der Waals surface area contributed by atoms with E-state index in [1.165, 1.54) is 32.1 Å². The lowest BCUT2D eigenvalue weighted by Crippen LogP contribution is -2.42. The lowest BCUT2D eigenvalue weighted by atomic mass is 9.68. The Bertz CT molecular complexity index is 610. The highest BCUT2D eigenvalue weighted by molar-refractivity contribution is 5.87. The number of fused-ring (bicyclic) bond motifs is 1. The third-order valence-electron chi connectivity index (χ3n) is 5.98. The van der Waals surface area contributed by atoms with Crippen molar-refractivity contribution < 1.29 is 14.7 Å². The molecule has 2 aliphatic heterocycles. The number of hydrogen-bond acceptors (Lipinski definition) is 2. The zero-order chi connectivity index (χ0) is 16.0. The van der Waals surface area contributed by atoms with Crippen LogP contribution in [0.5, 0.6) is 0 Å². The van der Waals surface area contributed by atoms with Crippen molar-refractivity contribution in [2.75, 3.05) is 6.54 Å². The van der Waals surface area contributed by atoms with Gasteiger partial charge in [-0.1, -0.05) is 12.1 Å². The van der Waals surface area contributed by atoms with Gasteiger partial charge in [-0.15, -0.1) is 0 Å². The van der Waals surface area contributed by atoms with Crippen LogP contribution in [0, 0.1) is 17.8 Å². The van der Waals surface area contributed by atoms with Crippen molar-refractivity contribution in [1.82, 2.24) is 4.90 Å². The second kappa shape index (κ2) is 5.66. The van der Waals surface area contributed by atoms with Gasteiger partial charge in [0, 0.05) is 12.6 Å². The number of benzene rings is 1. The summed E-state index contributed by atoms with van der Waals surface area (Å²) in [6.07, 6.45) is 6.77. The fourth-order valence-electron chi connectivity index (χ4n) is 5.13. The molecule has 2 atom stereocenters. The summed E-state index contributed by atoms with van der Waals surface area (Å²) in [7, 11) is 0. The number of carbonyl (C=O) groups is 2. The lowest BCUT2D eigenvalue weighted by molar-refractivity contribution is -0.133. The number of hydrogen-bond donors (Lipinski definition) is 1. The van der Waals surface area contributed by atoms with Gasteiger partial charge in [-0.05, 0) is 67.6 Å². The van der Waals surface area contributed by atoms with Crippen molar-refractivity contribution in [2.24, 2.45) is 17.8 Å². The van der Waals surface area contributed by atoms with Gasteiger partial charge in [-0.2, -0.15) is 0 Å². The van der Waals surface area contributed by atoms with Crippen LogP contribution in [0.3, 0.4) is 0 Å². The van der Waals surface area contributed by atoms with Gasteiger partial charge in [-0.3, -0.25) is 4.79 Å². The van der Waals surface area contributed by atoms with Gasteiger partial charge in [0.05, 0.1) is 12.0 Å². The van der Waals surface area contributed by atoms with Gasteiger partial charge in [-0.25, -0.2) is 4.79 Å². The largest absolute Gasteiger partial charge is 0.478 e. The van der Waals surface area contributed by atoms with Gasteiger partial charge < -0.3 is 10.0 Å². The molecule has 2 saturated heterocycles. The molecule has 1 aromatic rings. The Morgan fingerprint density at radius 3 is 2.17 bits per heavy atom. The predicted molar refractivity (Wildman–Crippen MR) is 86.2 cm³/mol. The number of carboxylic acid groups (broad SMARTS) is 1.